The molecule has 6 rings (SSSR count). The number of rotatable bonds is 8. The maximum Gasteiger partial charge on any atom is 0.322 e. The number of hydrogen-bond donors (Lipinski definition) is 1. The molecule has 1 N–H and O–H groups in total. The maximum atomic E-state index is 14.0. The van der Waals surface area contributed by atoms with Crippen molar-refractivity contribution in [2.75, 3.05) is 18.0 Å². The molecular formula is C36H34N2OP2. The van der Waals surface area contributed by atoms with Gasteiger partial charge in [0.1, 0.15) is 0 Å². The Balaban J connectivity index is 1.36. The van der Waals surface area contributed by atoms with E-state index in [0.717, 1.165) is 24.8 Å². The number of nitrogens with one attached hydrogen (secondary N) is 1. The van der Waals surface area contributed by atoms with E-state index in [1.807, 2.05) is 30.3 Å². The first-order chi connectivity index (χ1) is 20.3. The van der Waals surface area contributed by atoms with Gasteiger partial charge in [0.2, 0.25) is 0 Å². The molecular weight excluding hydrogens is 538 g/mol. The van der Waals surface area contributed by atoms with Crippen LogP contribution in [0.4, 0.5) is 10.5 Å². The zero-order chi connectivity index (χ0) is 27.9. The predicted octanol–water partition coefficient (Wildman–Crippen LogP) is 6.93. The molecule has 0 unspecified atom stereocenters. The van der Waals surface area contributed by atoms with Gasteiger partial charge in [0.15, 0.2) is 0 Å². The summed E-state index contributed by atoms with van der Waals surface area (Å²) in [5, 5.41) is 8.66. The molecule has 0 saturated carbocycles. The van der Waals surface area contributed by atoms with E-state index < -0.39 is 15.8 Å². The van der Waals surface area contributed by atoms with Crippen LogP contribution in [0.1, 0.15) is 6.42 Å². The first kappa shape index (κ1) is 27.4. The first-order valence-electron chi connectivity index (χ1n) is 14.2. The van der Waals surface area contributed by atoms with Gasteiger partial charge >= 0.3 is 6.03 Å². The number of carbonyl (C=O) groups is 1. The van der Waals surface area contributed by atoms with Gasteiger partial charge in [0.05, 0.1) is 0 Å². The smallest absolute Gasteiger partial charge is 0.320 e. The molecule has 1 aliphatic rings. The minimum Gasteiger partial charge on any atom is -0.320 e. The molecule has 0 aromatic heterocycles. The normalized spacial score (nSPS) is 16.7. The largest absolute Gasteiger partial charge is 0.322 e. The van der Waals surface area contributed by atoms with Gasteiger partial charge in [0.25, 0.3) is 0 Å². The van der Waals surface area contributed by atoms with E-state index in [1.165, 1.54) is 21.2 Å². The van der Waals surface area contributed by atoms with E-state index in [0.29, 0.717) is 5.66 Å². The molecule has 3 nitrogen and oxygen atoms in total. The van der Waals surface area contributed by atoms with Gasteiger partial charge in [0, 0.05) is 23.9 Å². The number of likely N-dealkylation sites (tertiary alicyclic amines) is 1. The third-order valence-corrected chi connectivity index (χ3v) is 13.1. The highest BCUT2D eigenvalue weighted by Gasteiger charge is 2.41. The summed E-state index contributed by atoms with van der Waals surface area (Å²) in [6.45, 7) is 0.742. The summed E-state index contributed by atoms with van der Waals surface area (Å²) in [5.74, 6) is 0. The Morgan fingerprint density at radius 3 is 1.49 bits per heavy atom. The zero-order valence-electron chi connectivity index (χ0n) is 23.0. The van der Waals surface area contributed by atoms with E-state index >= 15 is 0 Å². The monoisotopic (exact) mass is 572 g/mol. The van der Waals surface area contributed by atoms with Crippen LogP contribution in [-0.2, 0) is 0 Å². The topological polar surface area (TPSA) is 32.3 Å². The van der Waals surface area contributed by atoms with Gasteiger partial charge in [-0.1, -0.05) is 140 Å². The molecule has 1 heterocycles. The van der Waals surface area contributed by atoms with E-state index in [4.69, 9.17) is 0 Å². The van der Waals surface area contributed by atoms with Crippen molar-refractivity contribution < 1.29 is 4.79 Å². The molecule has 0 bridgehead atoms. The number of benzene rings is 5. The Hall–Kier alpha value is -3.77. The van der Waals surface area contributed by atoms with Crippen molar-refractivity contribution in [1.29, 1.82) is 0 Å². The maximum absolute atomic E-state index is 14.0. The molecule has 1 aliphatic heterocycles. The van der Waals surface area contributed by atoms with Gasteiger partial charge in [-0.15, -0.1) is 0 Å². The number of hydrogen-bond acceptors (Lipinski definition) is 1. The highest BCUT2D eigenvalue weighted by atomic mass is 31.1. The van der Waals surface area contributed by atoms with Crippen molar-refractivity contribution in [3.8, 4) is 0 Å². The van der Waals surface area contributed by atoms with Crippen LogP contribution in [0.2, 0.25) is 0 Å². The quantitative estimate of drug-likeness (QED) is 0.201. The standard InChI is InChI=1S/C36H34N2OP2/c39-36(37-29-16-6-1-7-17-29)38-27-35(41(33-22-12-4-13-23-33)34-24-14-5-15-25-34)26-30(38)28-40(31-18-8-2-9-19-31)32-20-10-3-11-21-32/h1-25,30,35H,26-28H2,(H,37,39)/t30-,35-/m1/s1. The lowest BCUT2D eigenvalue weighted by Gasteiger charge is -2.29. The molecule has 2 atom stereocenters. The lowest BCUT2D eigenvalue weighted by Crippen LogP contribution is -2.41. The predicted molar refractivity (Wildman–Crippen MR) is 177 cm³/mol. The van der Waals surface area contributed by atoms with Crippen LogP contribution >= 0.6 is 15.8 Å². The van der Waals surface area contributed by atoms with Gasteiger partial charge in [-0.05, 0) is 61.8 Å². The highest BCUT2D eigenvalue weighted by Crippen LogP contribution is 2.48. The first-order valence-corrected chi connectivity index (χ1v) is 17.1. The minimum atomic E-state index is -0.637. The van der Waals surface area contributed by atoms with Gasteiger partial charge < -0.3 is 10.2 Å². The number of nitrogens with zero attached hydrogens (tertiary/aromatic N) is 1. The van der Waals surface area contributed by atoms with Crippen LogP contribution in [0, 0.1) is 0 Å². The second-order valence-electron chi connectivity index (χ2n) is 10.3. The molecule has 5 heteroatoms. The Bertz CT molecular complexity index is 1440. The number of amides is 2. The third kappa shape index (κ3) is 6.59. The Morgan fingerprint density at radius 2 is 1.02 bits per heavy atom. The minimum absolute atomic E-state index is 0.00385. The van der Waals surface area contributed by atoms with Crippen LogP contribution in [0.5, 0.6) is 0 Å². The Labute approximate surface area is 245 Å². The second kappa shape index (κ2) is 13.3. The number of carbonyl (C=O) groups excluding carboxylic acids is 1. The third-order valence-electron chi connectivity index (χ3n) is 7.64. The van der Waals surface area contributed by atoms with E-state index in [2.05, 4.69) is 132 Å². The lowest BCUT2D eigenvalue weighted by atomic mass is 10.2. The molecule has 1 fully saturated rings. The summed E-state index contributed by atoms with van der Waals surface area (Å²) in [6.07, 6.45) is 1.92. The van der Waals surface area contributed by atoms with Crippen molar-refractivity contribution >= 4 is 48.8 Å². The molecule has 0 radical (unpaired) electrons. The van der Waals surface area contributed by atoms with Crippen LogP contribution in [0.3, 0.4) is 0 Å². The highest BCUT2D eigenvalue weighted by molar-refractivity contribution is 7.74. The fourth-order valence-electron chi connectivity index (χ4n) is 5.75. The van der Waals surface area contributed by atoms with Crippen molar-refractivity contribution in [2.24, 2.45) is 0 Å². The fraction of sp³-hybridized carbons (Fsp3) is 0.139. The number of urea groups is 1. The van der Waals surface area contributed by atoms with Crippen molar-refractivity contribution in [2.45, 2.75) is 18.1 Å². The molecule has 204 valence electrons. The molecule has 1 saturated heterocycles. The molecule has 41 heavy (non-hydrogen) atoms. The average Bonchev–Trinajstić information content (AvgIpc) is 3.46. The van der Waals surface area contributed by atoms with E-state index in [1.54, 1.807) is 0 Å². The van der Waals surface area contributed by atoms with Crippen molar-refractivity contribution in [3.05, 3.63) is 152 Å². The second-order valence-corrected chi connectivity index (χ2v) is 15.1. The van der Waals surface area contributed by atoms with Gasteiger partial charge in [-0.2, -0.15) is 0 Å². The van der Waals surface area contributed by atoms with Crippen LogP contribution in [-0.4, -0.2) is 35.3 Å². The van der Waals surface area contributed by atoms with Gasteiger partial charge in [-0.25, -0.2) is 4.79 Å². The molecule has 2 amide bonds. The summed E-state index contributed by atoms with van der Waals surface area (Å²) >= 11 is 0. The van der Waals surface area contributed by atoms with E-state index in [9.17, 15) is 4.79 Å². The molecule has 5 aromatic rings. The SMILES string of the molecule is O=C(Nc1ccccc1)N1C[C@H](P(c2ccccc2)c2ccccc2)C[C@@H]1CP(c1ccccc1)c1ccccc1. The fourth-order valence-corrected chi connectivity index (χ4v) is 11.2. The van der Waals surface area contributed by atoms with Crippen LogP contribution in [0.15, 0.2) is 152 Å². The van der Waals surface area contributed by atoms with Crippen LogP contribution < -0.4 is 26.5 Å². The van der Waals surface area contributed by atoms with E-state index in [-0.39, 0.29) is 12.1 Å². The summed E-state index contributed by atoms with van der Waals surface area (Å²) in [4.78, 5) is 16.1. The summed E-state index contributed by atoms with van der Waals surface area (Å²) in [7, 11) is -1.27. The number of anilines is 1. The Morgan fingerprint density at radius 1 is 0.610 bits per heavy atom. The number of para-hydroxylation sites is 1. The zero-order valence-corrected chi connectivity index (χ0v) is 24.7. The molecule has 0 spiro atoms. The Kier molecular flexibility index (Phi) is 8.86. The molecule has 0 aliphatic carbocycles. The van der Waals surface area contributed by atoms with Crippen molar-refractivity contribution in [1.82, 2.24) is 4.90 Å². The van der Waals surface area contributed by atoms with Gasteiger partial charge in [-0.3, -0.25) is 0 Å². The average molecular weight is 573 g/mol. The summed E-state index contributed by atoms with van der Waals surface area (Å²) in [5.41, 5.74) is 1.20. The van der Waals surface area contributed by atoms with Crippen molar-refractivity contribution in [3.63, 3.8) is 0 Å². The summed E-state index contributed by atoms with van der Waals surface area (Å²) < 4.78 is 0. The van der Waals surface area contributed by atoms with Crippen LogP contribution in [0.25, 0.3) is 0 Å². The molecule has 5 aromatic carbocycles. The summed E-state index contributed by atoms with van der Waals surface area (Å²) in [6, 6.07) is 53.5. The lowest BCUT2D eigenvalue weighted by molar-refractivity contribution is 0.211.